The molecule has 3 heteroatoms. The lowest BCUT2D eigenvalue weighted by molar-refractivity contribution is 0.669. The fourth-order valence-corrected chi connectivity index (χ4v) is 8.10. The van der Waals surface area contributed by atoms with Crippen LogP contribution >= 0.6 is 11.3 Å². The second-order valence-electron chi connectivity index (χ2n) is 11.5. The topological polar surface area (TPSA) is 26.0 Å². The van der Waals surface area contributed by atoms with E-state index in [9.17, 15) is 0 Å². The molecule has 0 saturated carbocycles. The van der Waals surface area contributed by atoms with Gasteiger partial charge in [0.25, 0.3) is 0 Å². The third-order valence-electron chi connectivity index (χ3n) is 9.03. The molecule has 0 aliphatic rings. The van der Waals surface area contributed by atoms with Crippen LogP contribution in [-0.2, 0) is 0 Å². The SMILES string of the molecule is c1ccc2cc(-c3nc4ccccc4c4c3ccc3oc5ccc(-c6ccc7c(c6)sc6ccccc67)cc5c34)ccc2c1. The van der Waals surface area contributed by atoms with E-state index < -0.39 is 0 Å². The van der Waals surface area contributed by atoms with Crippen LogP contribution in [0.5, 0.6) is 0 Å². The summed E-state index contributed by atoms with van der Waals surface area (Å²) in [5.74, 6) is 0. The maximum absolute atomic E-state index is 6.50. The van der Waals surface area contributed by atoms with Crippen LogP contribution in [-0.4, -0.2) is 4.98 Å². The Morgan fingerprint density at radius 3 is 2.09 bits per heavy atom. The Balaban J connectivity index is 1.26. The first kappa shape index (κ1) is 24.0. The van der Waals surface area contributed by atoms with Gasteiger partial charge in [0.15, 0.2) is 0 Å². The van der Waals surface area contributed by atoms with Gasteiger partial charge < -0.3 is 4.42 Å². The monoisotopic (exact) mass is 577 g/mol. The molecule has 0 radical (unpaired) electrons. The summed E-state index contributed by atoms with van der Waals surface area (Å²) in [6, 6.07) is 50.0. The van der Waals surface area contributed by atoms with E-state index in [0.717, 1.165) is 49.5 Å². The van der Waals surface area contributed by atoms with Gasteiger partial charge in [0, 0.05) is 52.7 Å². The minimum atomic E-state index is 0.894. The average Bonchev–Trinajstić information content (AvgIpc) is 3.65. The lowest BCUT2D eigenvalue weighted by Gasteiger charge is -2.12. The Labute approximate surface area is 256 Å². The summed E-state index contributed by atoms with van der Waals surface area (Å²) in [5, 5.41) is 10.8. The molecule has 0 atom stereocenters. The molecule has 0 aliphatic carbocycles. The number of furan rings is 1. The molecule has 204 valence electrons. The Morgan fingerprint density at radius 1 is 0.432 bits per heavy atom. The molecule has 44 heavy (non-hydrogen) atoms. The summed E-state index contributed by atoms with van der Waals surface area (Å²) in [6.45, 7) is 0. The zero-order valence-corrected chi connectivity index (χ0v) is 24.4. The third kappa shape index (κ3) is 3.45. The summed E-state index contributed by atoms with van der Waals surface area (Å²) in [6.07, 6.45) is 0. The van der Waals surface area contributed by atoms with Gasteiger partial charge in [-0.25, -0.2) is 4.98 Å². The first-order valence-electron chi connectivity index (χ1n) is 14.9. The quantitative estimate of drug-likeness (QED) is 0.191. The van der Waals surface area contributed by atoms with Gasteiger partial charge in [-0.2, -0.15) is 0 Å². The van der Waals surface area contributed by atoms with Crippen molar-refractivity contribution in [1.82, 2.24) is 4.98 Å². The number of hydrogen-bond donors (Lipinski definition) is 0. The van der Waals surface area contributed by atoms with Crippen LogP contribution in [0.2, 0.25) is 0 Å². The predicted molar refractivity (Wildman–Crippen MR) is 188 cm³/mol. The molecule has 7 aromatic carbocycles. The number of rotatable bonds is 2. The summed E-state index contributed by atoms with van der Waals surface area (Å²) in [5.41, 5.74) is 7.28. The molecular weight excluding hydrogens is 555 g/mol. The number of aromatic nitrogens is 1. The minimum absolute atomic E-state index is 0.894. The third-order valence-corrected chi connectivity index (χ3v) is 10.2. The standard InChI is InChI=1S/C41H23NOS/c1-2-8-25-21-28(14-13-24(25)7-1)41-32-18-20-36-40(39(32)31-10-3-5-11-34(31)42-41)33-22-26(16-19-35(33)43-36)27-15-17-30-29-9-4-6-12-37(29)44-38(30)23-27/h1-23H. The highest BCUT2D eigenvalue weighted by Crippen LogP contribution is 2.43. The Kier molecular flexibility index (Phi) is 4.90. The molecule has 10 rings (SSSR count). The van der Waals surface area contributed by atoms with Crippen molar-refractivity contribution < 1.29 is 4.42 Å². The van der Waals surface area contributed by atoms with Gasteiger partial charge in [-0.05, 0) is 70.4 Å². The summed E-state index contributed by atoms with van der Waals surface area (Å²) in [4.78, 5) is 5.23. The molecule has 0 spiro atoms. The molecular formula is C41H23NOS. The molecule has 3 heterocycles. The summed E-state index contributed by atoms with van der Waals surface area (Å²) < 4.78 is 9.13. The van der Waals surface area contributed by atoms with Crippen LogP contribution in [0.4, 0.5) is 0 Å². The number of pyridine rings is 1. The normalized spacial score (nSPS) is 12.1. The average molecular weight is 578 g/mol. The van der Waals surface area contributed by atoms with E-state index in [2.05, 4.69) is 140 Å². The lowest BCUT2D eigenvalue weighted by Crippen LogP contribution is -1.90. The highest BCUT2D eigenvalue weighted by atomic mass is 32.1. The van der Waals surface area contributed by atoms with Crippen molar-refractivity contribution in [2.75, 3.05) is 0 Å². The number of fused-ring (bicyclic) bond motifs is 11. The molecule has 10 aromatic rings. The van der Waals surface area contributed by atoms with E-state index in [0.29, 0.717) is 0 Å². The first-order valence-corrected chi connectivity index (χ1v) is 15.7. The number of benzene rings is 7. The van der Waals surface area contributed by atoms with E-state index in [-0.39, 0.29) is 0 Å². The summed E-state index contributed by atoms with van der Waals surface area (Å²) in [7, 11) is 0. The van der Waals surface area contributed by atoms with Crippen molar-refractivity contribution in [3.05, 3.63) is 140 Å². The van der Waals surface area contributed by atoms with Gasteiger partial charge in [-0.15, -0.1) is 11.3 Å². The molecule has 0 bridgehead atoms. The highest BCUT2D eigenvalue weighted by Gasteiger charge is 2.18. The van der Waals surface area contributed by atoms with Crippen LogP contribution < -0.4 is 0 Å². The maximum atomic E-state index is 6.50. The molecule has 3 aromatic heterocycles. The van der Waals surface area contributed by atoms with E-state index >= 15 is 0 Å². The Bertz CT molecular complexity index is 2780. The van der Waals surface area contributed by atoms with Crippen molar-refractivity contribution >= 4 is 85.9 Å². The van der Waals surface area contributed by atoms with Crippen LogP contribution in [0, 0.1) is 0 Å². The molecule has 0 fully saturated rings. The van der Waals surface area contributed by atoms with Crippen LogP contribution in [0.3, 0.4) is 0 Å². The van der Waals surface area contributed by atoms with Crippen LogP contribution in [0.25, 0.3) is 96.9 Å². The molecule has 0 saturated heterocycles. The van der Waals surface area contributed by atoms with Crippen molar-refractivity contribution in [2.24, 2.45) is 0 Å². The van der Waals surface area contributed by atoms with E-state index in [4.69, 9.17) is 9.40 Å². The van der Waals surface area contributed by atoms with Crippen molar-refractivity contribution in [1.29, 1.82) is 0 Å². The van der Waals surface area contributed by atoms with E-state index in [1.54, 1.807) is 0 Å². The first-order chi connectivity index (χ1) is 21.8. The second kappa shape index (κ2) is 9.00. The van der Waals surface area contributed by atoms with Crippen LogP contribution in [0.15, 0.2) is 144 Å². The maximum Gasteiger partial charge on any atom is 0.136 e. The molecule has 0 amide bonds. The molecule has 0 N–H and O–H groups in total. The molecule has 2 nitrogen and oxygen atoms in total. The highest BCUT2D eigenvalue weighted by molar-refractivity contribution is 7.25. The van der Waals surface area contributed by atoms with Gasteiger partial charge >= 0.3 is 0 Å². The zero-order chi connectivity index (χ0) is 28.8. The largest absolute Gasteiger partial charge is 0.456 e. The van der Waals surface area contributed by atoms with Crippen molar-refractivity contribution in [3.8, 4) is 22.4 Å². The fourth-order valence-electron chi connectivity index (χ4n) is 6.95. The Hall–Kier alpha value is -5.51. The predicted octanol–water partition coefficient (Wildman–Crippen LogP) is 12.1. The zero-order valence-electron chi connectivity index (χ0n) is 23.5. The van der Waals surface area contributed by atoms with Gasteiger partial charge in [-0.1, -0.05) is 91.0 Å². The smallest absolute Gasteiger partial charge is 0.136 e. The van der Waals surface area contributed by atoms with Crippen LogP contribution in [0.1, 0.15) is 0 Å². The summed E-state index contributed by atoms with van der Waals surface area (Å²) >= 11 is 1.86. The lowest BCUT2D eigenvalue weighted by atomic mass is 9.94. The van der Waals surface area contributed by atoms with Gasteiger partial charge in [-0.3, -0.25) is 0 Å². The van der Waals surface area contributed by atoms with Crippen molar-refractivity contribution in [2.45, 2.75) is 0 Å². The van der Waals surface area contributed by atoms with Gasteiger partial charge in [0.1, 0.15) is 11.2 Å². The van der Waals surface area contributed by atoms with Gasteiger partial charge in [0.2, 0.25) is 0 Å². The van der Waals surface area contributed by atoms with Crippen molar-refractivity contribution in [3.63, 3.8) is 0 Å². The second-order valence-corrected chi connectivity index (χ2v) is 12.6. The number of hydrogen-bond acceptors (Lipinski definition) is 3. The number of nitrogens with zero attached hydrogens (tertiary/aromatic N) is 1. The number of thiophene rings is 1. The molecule has 0 unspecified atom stereocenters. The molecule has 0 aliphatic heterocycles. The van der Waals surface area contributed by atoms with E-state index in [1.165, 1.54) is 47.5 Å². The Morgan fingerprint density at radius 2 is 1.14 bits per heavy atom. The minimum Gasteiger partial charge on any atom is -0.456 e. The van der Waals surface area contributed by atoms with Gasteiger partial charge in [0.05, 0.1) is 11.2 Å². The number of para-hydroxylation sites is 1. The van der Waals surface area contributed by atoms with E-state index in [1.807, 2.05) is 11.3 Å². The fraction of sp³-hybridized carbons (Fsp3) is 0.